The summed E-state index contributed by atoms with van der Waals surface area (Å²) in [5.41, 5.74) is 2.62. The molecule has 0 radical (unpaired) electrons. The van der Waals surface area contributed by atoms with E-state index in [4.69, 9.17) is 4.74 Å². The van der Waals surface area contributed by atoms with E-state index in [0.717, 1.165) is 45.4 Å². The average molecular weight is 276 g/mol. The molecule has 0 saturated carbocycles. The fourth-order valence-electron chi connectivity index (χ4n) is 2.32. The molecule has 0 amide bonds. The topological polar surface area (TPSA) is 48.9 Å². The minimum atomic E-state index is 0.782. The average Bonchev–Trinajstić information content (AvgIpc) is 2.50. The Hall–Kier alpha value is -1.59. The summed E-state index contributed by atoms with van der Waals surface area (Å²) in [7, 11) is 3.64. The van der Waals surface area contributed by atoms with Crippen molar-refractivity contribution in [2.24, 2.45) is 4.99 Å². The highest BCUT2D eigenvalue weighted by Gasteiger charge is 2.10. The van der Waals surface area contributed by atoms with Gasteiger partial charge in [-0.25, -0.2) is 0 Å². The van der Waals surface area contributed by atoms with Gasteiger partial charge in [-0.1, -0.05) is 24.3 Å². The molecule has 5 nitrogen and oxygen atoms in total. The highest BCUT2D eigenvalue weighted by molar-refractivity contribution is 5.79. The highest BCUT2D eigenvalue weighted by Crippen LogP contribution is 2.09. The summed E-state index contributed by atoms with van der Waals surface area (Å²) in [4.78, 5) is 6.54. The van der Waals surface area contributed by atoms with E-state index in [2.05, 4.69) is 44.8 Å². The first-order valence-corrected chi connectivity index (χ1v) is 7.08. The van der Waals surface area contributed by atoms with Crippen molar-refractivity contribution < 1.29 is 4.74 Å². The van der Waals surface area contributed by atoms with Crippen LogP contribution in [0.5, 0.6) is 0 Å². The number of nitrogens with one attached hydrogen (secondary N) is 2. The van der Waals surface area contributed by atoms with Crippen molar-refractivity contribution in [3.05, 3.63) is 35.4 Å². The van der Waals surface area contributed by atoms with E-state index in [9.17, 15) is 0 Å². The summed E-state index contributed by atoms with van der Waals surface area (Å²) in [6, 6.07) is 8.70. The third-order valence-corrected chi connectivity index (χ3v) is 3.42. The molecule has 1 heterocycles. The van der Waals surface area contributed by atoms with Gasteiger partial charge >= 0.3 is 0 Å². The second kappa shape index (κ2) is 7.87. The van der Waals surface area contributed by atoms with Gasteiger partial charge in [0.15, 0.2) is 5.96 Å². The lowest BCUT2D eigenvalue weighted by molar-refractivity contribution is 0.0342. The first kappa shape index (κ1) is 14.8. The molecule has 5 heteroatoms. The Bertz CT molecular complexity index is 441. The van der Waals surface area contributed by atoms with E-state index >= 15 is 0 Å². The molecule has 1 aromatic carbocycles. The fourth-order valence-corrected chi connectivity index (χ4v) is 2.32. The highest BCUT2D eigenvalue weighted by atomic mass is 16.5. The molecular formula is C15H24N4O. The van der Waals surface area contributed by atoms with Crippen molar-refractivity contribution in [3.63, 3.8) is 0 Å². The lowest BCUT2D eigenvalue weighted by Gasteiger charge is -2.26. The van der Waals surface area contributed by atoms with Crippen LogP contribution in [0.4, 0.5) is 0 Å². The number of aliphatic imine (C=N–C) groups is 1. The van der Waals surface area contributed by atoms with Crippen LogP contribution < -0.4 is 10.6 Å². The second-order valence-corrected chi connectivity index (χ2v) is 4.88. The summed E-state index contributed by atoms with van der Waals surface area (Å²) in [6.45, 7) is 5.52. The van der Waals surface area contributed by atoms with Gasteiger partial charge < -0.3 is 15.4 Å². The first-order chi connectivity index (χ1) is 9.81. The van der Waals surface area contributed by atoms with Crippen LogP contribution in [0, 0.1) is 0 Å². The molecule has 2 rings (SSSR count). The van der Waals surface area contributed by atoms with Crippen LogP contribution in [0.15, 0.2) is 29.3 Å². The number of ether oxygens (including phenoxy) is 1. The zero-order chi connectivity index (χ0) is 14.2. The van der Waals surface area contributed by atoms with Gasteiger partial charge in [-0.15, -0.1) is 0 Å². The van der Waals surface area contributed by atoms with Gasteiger partial charge in [0, 0.05) is 40.3 Å². The minimum Gasteiger partial charge on any atom is -0.379 e. The predicted octanol–water partition coefficient (Wildman–Crippen LogP) is 0.814. The smallest absolute Gasteiger partial charge is 0.190 e. The zero-order valence-corrected chi connectivity index (χ0v) is 12.4. The van der Waals surface area contributed by atoms with Crippen LogP contribution in [-0.4, -0.2) is 51.3 Å². The standard InChI is InChI=1S/C15H24N4O/c1-16-15(17-2)18-11-13-4-3-5-14(10-13)12-19-6-8-20-9-7-19/h3-5,10H,6-9,11-12H2,1-2H3,(H2,16,17,18). The molecular weight excluding hydrogens is 252 g/mol. The molecule has 0 atom stereocenters. The van der Waals surface area contributed by atoms with E-state index in [1.165, 1.54) is 11.1 Å². The van der Waals surface area contributed by atoms with Crippen LogP contribution >= 0.6 is 0 Å². The van der Waals surface area contributed by atoms with E-state index in [1.54, 1.807) is 7.05 Å². The molecule has 1 fully saturated rings. The number of rotatable bonds is 4. The molecule has 20 heavy (non-hydrogen) atoms. The zero-order valence-electron chi connectivity index (χ0n) is 12.4. The van der Waals surface area contributed by atoms with Crippen molar-refractivity contribution in [1.82, 2.24) is 15.5 Å². The van der Waals surface area contributed by atoms with Crippen LogP contribution in [0.2, 0.25) is 0 Å². The molecule has 1 aliphatic heterocycles. The Labute approximate surface area is 121 Å². The SMILES string of the molecule is CN=C(NC)NCc1cccc(CN2CCOCC2)c1. The Morgan fingerprint density at radius 3 is 2.75 bits per heavy atom. The Morgan fingerprint density at radius 2 is 2.05 bits per heavy atom. The molecule has 1 saturated heterocycles. The van der Waals surface area contributed by atoms with Crippen molar-refractivity contribution in [2.45, 2.75) is 13.1 Å². The molecule has 2 N–H and O–H groups in total. The Balaban J connectivity index is 1.90. The third kappa shape index (κ3) is 4.51. The molecule has 1 aromatic rings. The van der Waals surface area contributed by atoms with E-state index in [0.29, 0.717) is 0 Å². The summed E-state index contributed by atoms with van der Waals surface area (Å²) in [5.74, 6) is 0.809. The molecule has 0 bridgehead atoms. The fraction of sp³-hybridized carbons (Fsp3) is 0.533. The van der Waals surface area contributed by atoms with Crippen LogP contribution in [-0.2, 0) is 17.8 Å². The molecule has 0 unspecified atom stereocenters. The van der Waals surface area contributed by atoms with Gasteiger partial charge in [-0.05, 0) is 11.1 Å². The van der Waals surface area contributed by atoms with Crippen molar-refractivity contribution in [2.75, 3.05) is 40.4 Å². The quantitative estimate of drug-likeness (QED) is 0.631. The number of nitrogens with zero attached hydrogens (tertiary/aromatic N) is 2. The summed E-state index contributed by atoms with van der Waals surface area (Å²) < 4.78 is 5.38. The van der Waals surface area contributed by atoms with Gasteiger partial charge in [0.05, 0.1) is 13.2 Å². The lowest BCUT2D eigenvalue weighted by Crippen LogP contribution is -2.35. The van der Waals surface area contributed by atoms with Gasteiger partial charge in [0.2, 0.25) is 0 Å². The van der Waals surface area contributed by atoms with Crippen LogP contribution in [0.1, 0.15) is 11.1 Å². The van der Waals surface area contributed by atoms with Gasteiger partial charge in [-0.3, -0.25) is 9.89 Å². The maximum atomic E-state index is 5.38. The Morgan fingerprint density at radius 1 is 1.30 bits per heavy atom. The van der Waals surface area contributed by atoms with E-state index in [1.807, 2.05) is 7.05 Å². The minimum absolute atomic E-state index is 0.782. The van der Waals surface area contributed by atoms with E-state index < -0.39 is 0 Å². The summed E-state index contributed by atoms with van der Waals surface area (Å²) >= 11 is 0. The second-order valence-electron chi connectivity index (χ2n) is 4.88. The van der Waals surface area contributed by atoms with Crippen LogP contribution in [0.3, 0.4) is 0 Å². The monoisotopic (exact) mass is 276 g/mol. The van der Waals surface area contributed by atoms with Gasteiger partial charge in [0.25, 0.3) is 0 Å². The third-order valence-electron chi connectivity index (χ3n) is 3.42. The lowest BCUT2D eigenvalue weighted by atomic mass is 10.1. The van der Waals surface area contributed by atoms with Crippen molar-refractivity contribution in [1.29, 1.82) is 0 Å². The molecule has 0 aromatic heterocycles. The number of morpholine rings is 1. The number of hydrogen-bond acceptors (Lipinski definition) is 3. The summed E-state index contributed by atoms with van der Waals surface area (Å²) in [6.07, 6.45) is 0. The number of hydrogen-bond donors (Lipinski definition) is 2. The number of guanidine groups is 1. The largest absolute Gasteiger partial charge is 0.379 e. The van der Waals surface area contributed by atoms with Gasteiger partial charge in [0.1, 0.15) is 0 Å². The first-order valence-electron chi connectivity index (χ1n) is 7.08. The maximum absolute atomic E-state index is 5.38. The normalized spacial score (nSPS) is 17.0. The van der Waals surface area contributed by atoms with Gasteiger partial charge in [-0.2, -0.15) is 0 Å². The molecule has 0 spiro atoms. The molecule has 110 valence electrons. The number of benzene rings is 1. The van der Waals surface area contributed by atoms with Crippen molar-refractivity contribution >= 4 is 5.96 Å². The molecule has 0 aliphatic carbocycles. The van der Waals surface area contributed by atoms with Crippen molar-refractivity contribution in [3.8, 4) is 0 Å². The molecule has 1 aliphatic rings. The predicted molar refractivity (Wildman–Crippen MR) is 81.8 cm³/mol. The van der Waals surface area contributed by atoms with E-state index in [-0.39, 0.29) is 0 Å². The van der Waals surface area contributed by atoms with Crippen LogP contribution in [0.25, 0.3) is 0 Å². The summed E-state index contributed by atoms with van der Waals surface area (Å²) in [5, 5.41) is 6.29. The maximum Gasteiger partial charge on any atom is 0.190 e. The Kier molecular flexibility index (Phi) is 5.83.